The van der Waals surface area contributed by atoms with E-state index in [0.29, 0.717) is 5.56 Å². The molecule has 0 spiro atoms. The first-order valence-corrected chi connectivity index (χ1v) is 9.35. The molecule has 2 rings (SSSR count). The van der Waals surface area contributed by atoms with E-state index in [2.05, 4.69) is 0 Å². The number of aliphatic hydroxyl groups excluding tert-OH is 2. The van der Waals surface area contributed by atoms with Gasteiger partial charge in [-0.15, -0.1) is 0 Å². The largest absolute Gasteiger partial charge is 0.504 e. The number of aromatic hydroxyl groups is 2. The number of fused-ring (bicyclic) bond motifs is 1. The van der Waals surface area contributed by atoms with Crippen molar-refractivity contribution in [3.05, 3.63) is 22.8 Å². The Kier molecular flexibility index (Phi) is 6.89. The van der Waals surface area contributed by atoms with Gasteiger partial charge in [0.25, 0.3) is 0 Å². The molecule has 0 aliphatic heterocycles. The van der Waals surface area contributed by atoms with Crippen molar-refractivity contribution >= 4 is 5.97 Å². The molecule has 6 nitrogen and oxygen atoms in total. The van der Waals surface area contributed by atoms with Crippen LogP contribution in [0.4, 0.5) is 0 Å². The van der Waals surface area contributed by atoms with Crippen LogP contribution >= 0.6 is 0 Å². The minimum atomic E-state index is -1.28. The summed E-state index contributed by atoms with van der Waals surface area (Å²) in [5, 5.41) is 48.8. The van der Waals surface area contributed by atoms with Crippen molar-refractivity contribution < 1.29 is 30.3 Å². The van der Waals surface area contributed by atoms with Crippen molar-refractivity contribution in [3.8, 4) is 11.5 Å². The van der Waals surface area contributed by atoms with Gasteiger partial charge in [0.15, 0.2) is 11.5 Å². The molecule has 0 heterocycles. The van der Waals surface area contributed by atoms with Crippen molar-refractivity contribution in [2.24, 2.45) is 11.8 Å². The van der Waals surface area contributed by atoms with Crippen LogP contribution in [0.2, 0.25) is 0 Å². The standard InChI is InChI=1S/C20H30O6/c1-11(9-21)4-3-5-13(10-22)14-7-6-12(2)17-15(14)8-16(20(25)26)18(23)19(17)24/h8,11-14,21-24H,3-7,9-10H2,1-2H3,(H,25,26). The second-order valence-corrected chi connectivity index (χ2v) is 7.68. The van der Waals surface area contributed by atoms with E-state index in [1.807, 2.05) is 13.8 Å². The first-order valence-electron chi connectivity index (χ1n) is 9.35. The summed E-state index contributed by atoms with van der Waals surface area (Å²) in [4.78, 5) is 11.4. The molecule has 0 fully saturated rings. The van der Waals surface area contributed by atoms with Crippen molar-refractivity contribution in [2.75, 3.05) is 13.2 Å². The fourth-order valence-electron chi connectivity index (χ4n) is 4.14. The van der Waals surface area contributed by atoms with E-state index in [0.717, 1.165) is 37.7 Å². The fraction of sp³-hybridized carbons (Fsp3) is 0.650. The van der Waals surface area contributed by atoms with Gasteiger partial charge in [-0.05, 0) is 61.0 Å². The predicted octanol–water partition coefficient (Wildman–Crippen LogP) is 3.18. The van der Waals surface area contributed by atoms with E-state index in [4.69, 9.17) is 5.11 Å². The van der Waals surface area contributed by atoms with Crippen LogP contribution in [0, 0.1) is 11.8 Å². The van der Waals surface area contributed by atoms with Gasteiger partial charge in [0.2, 0.25) is 0 Å². The summed E-state index contributed by atoms with van der Waals surface area (Å²) in [6.07, 6.45) is 4.11. The lowest BCUT2D eigenvalue weighted by Crippen LogP contribution is -2.24. The average molecular weight is 366 g/mol. The van der Waals surface area contributed by atoms with Gasteiger partial charge in [-0.2, -0.15) is 0 Å². The Bertz CT molecular complexity index is 642. The molecule has 0 saturated carbocycles. The van der Waals surface area contributed by atoms with Crippen molar-refractivity contribution in [1.82, 2.24) is 0 Å². The topological polar surface area (TPSA) is 118 Å². The SMILES string of the molecule is CC(CO)CCCC(CO)C1CCC(C)c2c1cc(C(=O)O)c(O)c2O. The number of carbonyl (C=O) groups is 1. The molecule has 0 radical (unpaired) electrons. The van der Waals surface area contributed by atoms with Gasteiger partial charge in [0, 0.05) is 18.8 Å². The maximum atomic E-state index is 11.4. The molecule has 1 aromatic carbocycles. The summed E-state index contributed by atoms with van der Waals surface area (Å²) >= 11 is 0. The third kappa shape index (κ3) is 4.13. The van der Waals surface area contributed by atoms with Crippen LogP contribution in [0.3, 0.4) is 0 Å². The quantitative estimate of drug-likeness (QED) is 0.451. The van der Waals surface area contributed by atoms with Crippen LogP contribution in [-0.4, -0.2) is 44.7 Å². The molecule has 5 N–H and O–H groups in total. The molecule has 1 aromatic rings. The Morgan fingerprint density at radius 3 is 2.42 bits per heavy atom. The summed E-state index contributed by atoms with van der Waals surface area (Å²) in [6.45, 7) is 4.05. The van der Waals surface area contributed by atoms with E-state index in [-0.39, 0.29) is 48.2 Å². The van der Waals surface area contributed by atoms with E-state index < -0.39 is 11.7 Å². The number of hydrogen-bond acceptors (Lipinski definition) is 5. The molecule has 1 aliphatic rings. The number of benzene rings is 1. The molecule has 146 valence electrons. The van der Waals surface area contributed by atoms with Gasteiger partial charge in [-0.1, -0.05) is 20.3 Å². The van der Waals surface area contributed by atoms with Gasteiger partial charge in [-0.3, -0.25) is 0 Å². The number of aliphatic hydroxyl groups is 2. The highest BCUT2D eigenvalue weighted by atomic mass is 16.4. The van der Waals surface area contributed by atoms with Crippen LogP contribution in [0.5, 0.6) is 11.5 Å². The van der Waals surface area contributed by atoms with E-state index in [1.54, 1.807) is 0 Å². The molecule has 4 atom stereocenters. The Morgan fingerprint density at radius 1 is 1.15 bits per heavy atom. The molecule has 4 unspecified atom stereocenters. The van der Waals surface area contributed by atoms with Gasteiger partial charge in [0.05, 0.1) is 0 Å². The lowest BCUT2D eigenvalue weighted by atomic mass is 9.70. The zero-order chi connectivity index (χ0) is 19.4. The molecule has 0 amide bonds. The Labute approximate surface area is 154 Å². The van der Waals surface area contributed by atoms with E-state index >= 15 is 0 Å². The van der Waals surface area contributed by atoms with Gasteiger partial charge in [0.1, 0.15) is 5.56 Å². The lowest BCUT2D eigenvalue weighted by molar-refractivity contribution is 0.0692. The highest BCUT2D eigenvalue weighted by molar-refractivity contribution is 5.92. The second-order valence-electron chi connectivity index (χ2n) is 7.68. The fourth-order valence-corrected chi connectivity index (χ4v) is 4.14. The van der Waals surface area contributed by atoms with Gasteiger partial charge < -0.3 is 25.5 Å². The summed E-state index contributed by atoms with van der Waals surface area (Å²) < 4.78 is 0. The summed E-state index contributed by atoms with van der Waals surface area (Å²) in [5.74, 6) is -2.08. The molecule has 0 aromatic heterocycles. The van der Waals surface area contributed by atoms with E-state index in [9.17, 15) is 25.2 Å². The third-order valence-corrected chi connectivity index (χ3v) is 5.77. The number of carboxylic acids is 1. The van der Waals surface area contributed by atoms with Crippen molar-refractivity contribution in [3.63, 3.8) is 0 Å². The second kappa shape index (κ2) is 8.73. The highest BCUT2D eigenvalue weighted by Gasteiger charge is 2.35. The van der Waals surface area contributed by atoms with Gasteiger partial charge in [-0.25, -0.2) is 4.79 Å². The minimum Gasteiger partial charge on any atom is -0.504 e. The molecule has 0 saturated heterocycles. The molecular weight excluding hydrogens is 336 g/mol. The molecule has 26 heavy (non-hydrogen) atoms. The number of phenolic OH excluding ortho intramolecular Hbond substituents is 1. The first-order chi connectivity index (χ1) is 12.3. The van der Waals surface area contributed by atoms with Crippen LogP contribution in [0.1, 0.15) is 79.3 Å². The first kappa shape index (κ1) is 20.5. The van der Waals surface area contributed by atoms with Crippen molar-refractivity contribution in [2.45, 2.75) is 57.8 Å². The zero-order valence-electron chi connectivity index (χ0n) is 15.5. The maximum absolute atomic E-state index is 11.4. The van der Waals surface area contributed by atoms with Crippen LogP contribution in [0.15, 0.2) is 6.07 Å². The maximum Gasteiger partial charge on any atom is 0.339 e. The zero-order valence-corrected chi connectivity index (χ0v) is 15.5. The third-order valence-electron chi connectivity index (χ3n) is 5.77. The highest BCUT2D eigenvalue weighted by Crippen LogP contribution is 2.50. The van der Waals surface area contributed by atoms with Crippen LogP contribution in [0.25, 0.3) is 0 Å². The number of aromatic carboxylic acids is 1. The number of hydrogen-bond donors (Lipinski definition) is 5. The number of phenols is 2. The summed E-state index contributed by atoms with van der Waals surface area (Å²) in [5.41, 5.74) is 1.03. The Hall–Kier alpha value is -1.79. The Morgan fingerprint density at radius 2 is 1.85 bits per heavy atom. The Balaban J connectivity index is 2.34. The molecular formula is C20H30O6. The normalized spacial score (nSPS) is 21.8. The summed E-state index contributed by atoms with van der Waals surface area (Å²) in [7, 11) is 0. The van der Waals surface area contributed by atoms with Crippen LogP contribution < -0.4 is 0 Å². The van der Waals surface area contributed by atoms with Gasteiger partial charge >= 0.3 is 5.97 Å². The molecule has 0 bridgehead atoms. The molecule has 6 heteroatoms. The smallest absolute Gasteiger partial charge is 0.339 e. The van der Waals surface area contributed by atoms with E-state index in [1.165, 1.54) is 6.07 Å². The molecule has 1 aliphatic carbocycles. The summed E-state index contributed by atoms with van der Waals surface area (Å²) in [6, 6.07) is 1.46. The number of carboxylic acid groups (broad SMARTS) is 1. The van der Waals surface area contributed by atoms with Crippen LogP contribution in [-0.2, 0) is 0 Å². The predicted molar refractivity (Wildman–Crippen MR) is 97.8 cm³/mol. The number of rotatable bonds is 8. The van der Waals surface area contributed by atoms with Crippen molar-refractivity contribution in [1.29, 1.82) is 0 Å². The average Bonchev–Trinajstić information content (AvgIpc) is 2.61. The monoisotopic (exact) mass is 366 g/mol. The minimum absolute atomic E-state index is 0.0174. The lowest BCUT2D eigenvalue weighted by Gasteiger charge is -2.35.